The molecule has 5 nitrogen and oxygen atoms in total. The van der Waals surface area contributed by atoms with E-state index < -0.39 is 0 Å². The molecule has 0 unspecified atom stereocenters. The van der Waals surface area contributed by atoms with Crippen LogP contribution in [-0.2, 0) is 13.0 Å². The number of urea groups is 1. The van der Waals surface area contributed by atoms with Crippen molar-refractivity contribution < 1.29 is 4.79 Å². The van der Waals surface area contributed by atoms with Gasteiger partial charge in [-0.25, -0.2) is 4.79 Å². The summed E-state index contributed by atoms with van der Waals surface area (Å²) in [5.41, 5.74) is 3.86. The molecule has 0 aliphatic heterocycles. The van der Waals surface area contributed by atoms with Crippen LogP contribution in [0.15, 0.2) is 36.4 Å². The normalized spacial score (nSPS) is 16.6. The van der Waals surface area contributed by atoms with Crippen molar-refractivity contribution in [3.63, 3.8) is 0 Å². The third kappa shape index (κ3) is 4.41. The Morgan fingerprint density at radius 1 is 1.04 bits per heavy atom. The quantitative estimate of drug-likeness (QED) is 0.777. The number of carbonyl (C=O) groups excluding carboxylic acids is 1. The van der Waals surface area contributed by atoms with Crippen LogP contribution in [0.4, 0.5) is 4.79 Å². The van der Waals surface area contributed by atoms with Crippen molar-refractivity contribution in [1.29, 1.82) is 0 Å². The van der Waals surface area contributed by atoms with Gasteiger partial charge in [0.1, 0.15) is 0 Å². The first-order valence-electron chi connectivity index (χ1n) is 9.43. The molecule has 2 aliphatic carbocycles. The summed E-state index contributed by atoms with van der Waals surface area (Å²) in [5, 5.41) is 10.6. The zero-order chi connectivity index (χ0) is 17.1. The SMILES string of the molecule is O=C(NCCc1ccccc1)NCCn1nc(C2CC2)cc1C1CC1. The Hall–Kier alpha value is -2.30. The van der Waals surface area contributed by atoms with Gasteiger partial charge in [0.25, 0.3) is 0 Å². The van der Waals surface area contributed by atoms with Gasteiger partial charge in [-0.3, -0.25) is 4.68 Å². The molecule has 0 spiro atoms. The molecule has 0 saturated heterocycles. The second kappa shape index (κ2) is 7.30. The number of hydrogen-bond donors (Lipinski definition) is 2. The lowest BCUT2D eigenvalue weighted by Gasteiger charge is -2.09. The van der Waals surface area contributed by atoms with E-state index in [9.17, 15) is 4.79 Å². The molecule has 2 fully saturated rings. The maximum Gasteiger partial charge on any atom is 0.314 e. The van der Waals surface area contributed by atoms with Crippen LogP contribution in [-0.4, -0.2) is 28.9 Å². The highest BCUT2D eigenvalue weighted by Gasteiger charge is 2.32. The van der Waals surface area contributed by atoms with Crippen LogP contribution in [0.25, 0.3) is 0 Å². The van der Waals surface area contributed by atoms with Gasteiger partial charge >= 0.3 is 6.03 Å². The largest absolute Gasteiger partial charge is 0.338 e. The van der Waals surface area contributed by atoms with Crippen molar-refractivity contribution in [3.8, 4) is 0 Å². The molecule has 25 heavy (non-hydrogen) atoms. The van der Waals surface area contributed by atoms with Gasteiger partial charge in [-0.15, -0.1) is 0 Å². The highest BCUT2D eigenvalue weighted by Crippen LogP contribution is 2.44. The van der Waals surface area contributed by atoms with Crippen LogP contribution >= 0.6 is 0 Å². The molecule has 0 atom stereocenters. The van der Waals surface area contributed by atoms with Crippen LogP contribution in [0.5, 0.6) is 0 Å². The standard InChI is InChI=1S/C20H26N4O/c25-20(21-11-10-15-4-2-1-3-5-15)22-12-13-24-19(17-8-9-17)14-18(23-24)16-6-7-16/h1-5,14,16-17H,6-13H2,(H2,21,22,25). The van der Waals surface area contributed by atoms with Crippen LogP contribution in [0.2, 0.25) is 0 Å². The van der Waals surface area contributed by atoms with Gasteiger partial charge in [-0.1, -0.05) is 30.3 Å². The predicted molar refractivity (Wildman–Crippen MR) is 97.7 cm³/mol. The van der Waals surface area contributed by atoms with Crippen molar-refractivity contribution in [3.05, 3.63) is 53.3 Å². The van der Waals surface area contributed by atoms with Gasteiger partial charge in [-0.2, -0.15) is 5.10 Å². The number of carbonyl (C=O) groups is 1. The summed E-state index contributed by atoms with van der Waals surface area (Å²) in [6.45, 7) is 2.02. The highest BCUT2D eigenvalue weighted by atomic mass is 16.2. The van der Waals surface area contributed by atoms with Gasteiger partial charge in [0.2, 0.25) is 0 Å². The van der Waals surface area contributed by atoms with Crippen molar-refractivity contribution in [2.24, 2.45) is 0 Å². The van der Waals surface area contributed by atoms with Crippen molar-refractivity contribution in [1.82, 2.24) is 20.4 Å². The summed E-state index contributed by atoms with van der Waals surface area (Å²) >= 11 is 0. The average molecular weight is 338 g/mol. The molecule has 132 valence electrons. The smallest absolute Gasteiger partial charge is 0.314 e. The van der Waals surface area contributed by atoms with Crippen molar-refractivity contribution in [2.45, 2.75) is 50.5 Å². The van der Waals surface area contributed by atoms with E-state index in [1.54, 1.807) is 0 Å². The molecule has 2 N–H and O–H groups in total. The van der Waals surface area contributed by atoms with Gasteiger partial charge in [0.15, 0.2) is 0 Å². The molecule has 1 aromatic carbocycles. The van der Waals surface area contributed by atoms with Gasteiger partial charge in [0, 0.05) is 30.6 Å². The molecule has 5 heteroatoms. The fraction of sp³-hybridized carbons (Fsp3) is 0.500. The summed E-state index contributed by atoms with van der Waals surface area (Å²) in [6, 6.07) is 12.4. The zero-order valence-electron chi connectivity index (χ0n) is 14.6. The number of benzene rings is 1. The van der Waals surface area contributed by atoms with Crippen molar-refractivity contribution >= 4 is 6.03 Å². The zero-order valence-corrected chi connectivity index (χ0v) is 14.6. The maximum atomic E-state index is 11.9. The Labute approximate surface area is 148 Å². The molecule has 0 bridgehead atoms. The second-order valence-corrected chi connectivity index (χ2v) is 7.18. The average Bonchev–Trinajstić information content (AvgIpc) is 3.55. The number of nitrogens with one attached hydrogen (secondary N) is 2. The lowest BCUT2D eigenvalue weighted by atomic mass is 10.1. The van der Waals surface area contributed by atoms with Crippen molar-refractivity contribution in [2.75, 3.05) is 13.1 Å². The minimum Gasteiger partial charge on any atom is -0.338 e. The van der Waals surface area contributed by atoms with Crippen LogP contribution in [0.1, 0.15) is 54.5 Å². The number of amides is 2. The maximum absolute atomic E-state index is 11.9. The van der Waals surface area contributed by atoms with E-state index in [0.717, 1.165) is 13.0 Å². The summed E-state index contributed by atoms with van der Waals surface area (Å²) in [6.07, 6.45) is 5.97. The lowest BCUT2D eigenvalue weighted by Crippen LogP contribution is -2.38. The fourth-order valence-corrected chi connectivity index (χ4v) is 3.22. The van der Waals surface area contributed by atoms with Crippen LogP contribution in [0.3, 0.4) is 0 Å². The summed E-state index contributed by atoms with van der Waals surface area (Å²) in [4.78, 5) is 11.9. The van der Waals surface area contributed by atoms with E-state index in [-0.39, 0.29) is 6.03 Å². The van der Waals surface area contributed by atoms with E-state index in [1.165, 1.54) is 42.6 Å². The molecule has 2 aromatic rings. The first-order valence-corrected chi connectivity index (χ1v) is 9.43. The van der Waals surface area contributed by atoms with Gasteiger partial charge in [0.05, 0.1) is 12.2 Å². The third-order valence-corrected chi connectivity index (χ3v) is 4.97. The topological polar surface area (TPSA) is 59.0 Å². The Balaban J connectivity index is 1.20. The summed E-state index contributed by atoms with van der Waals surface area (Å²) in [7, 11) is 0. The Bertz CT molecular complexity index is 717. The number of aromatic nitrogens is 2. The molecular formula is C20H26N4O. The van der Waals surface area contributed by atoms with Crippen LogP contribution in [0, 0.1) is 0 Å². The monoisotopic (exact) mass is 338 g/mol. The molecule has 1 aromatic heterocycles. The van der Waals surface area contributed by atoms with Crippen LogP contribution < -0.4 is 10.6 Å². The second-order valence-electron chi connectivity index (χ2n) is 7.18. The molecule has 4 rings (SSSR count). The Morgan fingerprint density at radius 2 is 1.76 bits per heavy atom. The lowest BCUT2D eigenvalue weighted by molar-refractivity contribution is 0.240. The highest BCUT2D eigenvalue weighted by molar-refractivity contribution is 5.73. The molecule has 2 aliphatic rings. The minimum atomic E-state index is -0.0986. The van der Waals surface area contributed by atoms with E-state index in [0.29, 0.717) is 24.9 Å². The number of hydrogen-bond acceptors (Lipinski definition) is 2. The molecular weight excluding hydrogens is 312 g/mol. The molecule has 2 amide bonds. The van der Waals surface area contributed by atoms with E-state index in [2.05, 4.69) is 33.5 Å². The fourth-order valence-electron chi connectivity index (χ4n) is 3.22. The summed E-state index contributed by atoms with van der Waals surface area (Å²) < 4.78 is 2.12. The molecule has 1 heterocycles. The van der Waals surface area contributed by atoms with Gasteiger partial charge < -0.3 is 10.6 Å². The summed E-state index contributed by atoms with van der Waals surface area (Å²) in [5.74, 6) is 1.38. The van der Waals surface area contributed by atoms with E-state index in [4.69, 9.17) is 5.10 Å². The van der Waals surface area contributed by atoms with E-state index in [1.807, 2.05) is 18.2 Å². The first kappa shape index (κ1) is 16.2. The Morgan fingerprint density at radius 3 is 2.48 bits per heavy atom. The first-order chi connectivity index (χ1) is 12.3. The third-order valence-electron chi connectivity index (χ3n) is 4.97. The minimum absolute atomic E-state index is 0.0986. The van der Waals surface area contributed by atoms with E-state index >= 15 is 0 Å². The number of nitrogens with zero attached hydrogens (tertiary/aromatic N) is 2. The molecule has 0 radical (unpaired) electrons. The van der Waals surface area contributed by atoms with Gasteiger partial charge in [-0.05, 0) is 43.7 Å². The number of rotatable bonds is 8. The predicted octanol–water partition coefficient (Wildman–Crippen LogP) is 3.18. The Kier molecular flexibility index (Phi) is 4.72. The molecule has 2 saturated carbocycles.